The van der Waals surface area contributed by atoms with Gasteiger partial charge in [0, 0.05) is 25.0 Å². The first-order valence-corrected chi connectivity index (χ1v) is 11.8. The number of aryl methyl sites for hydroxylation is 2. The van der Waals surface area contributed by atoms with Crippen LogP contribution in [0, 0.1) is 0 Å². The minimum absolute atomic E-state index is 0.0552. The largest absolute Gasteiger partial charge is 0.416 e. The summed E-state index contributed by atoms with van der Waals surface area (Å²) in [6.45, 7) is 2.60. The summed E-state index contributed by atoms with van der Waals surface area (Å²) in [5.41, 5.74) is -0.464. The molecule has 182 valence electrons. The van der Waals surface area contributed by atoms with Gasteiger partial charge in [0.05, 0.1) is 24.0 Å². The van der Waals surface area contributed by atoms with Crippen LogP contribution < -0.4 is 14.3 Å². The molecule has 9 nitrogen and oxygen atoms in total. The van der Waals surface area contributed by atoms with Crippen LogP contribution in [0.3, 0.4) is 0 Å². The van der Waals surface area contributed by atoms with E-state index in [1.807, 2.05) is 16.7 Å². The summed E-state index contributed by atoms with van der Waals surface area (Å²) in [7, 11) is -0.850. The number of hydrogen-bond acceptors (Lipinski definition) is 5. The molecule has 2 N–H and O–H groups in total. The Morgan fingerprint density at radius 2 is 2.00 bits per heavy atom. The van der Waals surface area contributed by atoms with Crippen molar-refractivity contribution < 1.29 is 26.4 Å². The highest BCUT2D eigenvalue weighted by molar-refractivity contribution is 7.91. The van der Waals surface area contributed by atoms with Crippen LogP contribution in [0.4, 0.5) is 29.3 Å². The molecule has 1 aliphatic rings. The number of carbonyl (C=O) groups excluding carboxylic acids is 1. The second-order valence-electron chi connectivity index (χ2n) is 8.01. The van der Waals surface area contributed by atoms with Crippen molar-refractivity contribution in [2.75, 3.05) is 29.8 Å². The topological polar surface area (TPSA) is 99.6 Å². The summed E-state index contributed by atoms with van der Waals surface area (Å²) in [5.74, 6) is 0. The van der Waals surface area contributed by atoms with Gasteiger partial charge in [-0.3, -0.25) is 4.68 Å². The average molecular weight is 489 g/mol. The molecule has 0 saturated carbocycles. The summed E-state index contributed by atoms with van der Waals surface area (Å²) >= 11 is 0. The third kappa shape index (κ3) is 6.16. The minimum atomic E-state index is -4.60. The molecule has 1 aliphatic heterocycles. The molecule has 1 aromatic carbocycles. The zero-order valence-electron chi connectivity index (χ0n) is 18.6. The van der Waals surface area contributed by atoms with Crippen molar-refractivity contribution in [1.29, 1.82) is 0 Å². The third-order valence-electron chi connectivity index (χ3n) is 5.53. The standard InChI is InChI=1S/C20H27F3N6O3S/c1-4-14-8-15(20(21,22)23)10-16(9-14)25-19(30)26-33(31,32)29(18-11-24-28(3)12-18)13-17-6-5-7-27(17)2/h8-12,17H,4-7,13H2,1-3H3,(H2,25,26,30)/t17-/m1/s1. The van der Waals surface area contributed by atoms with E-state index in [-0.39, 0.29) is 24.0 Å². The van der Waals surface area contributed by atoms with Gasteiger partial charge in [-0.2, -0.15) is 26.7 Å². The summed E-state index contributed by atoms with van der Waals surface area (Å²) in [6, 6.07) is 1.90. The van der Waals surface area contributed by atoms with Crippen molar-refractivity contribution >= 4 is 27.6 Å². The lowest BCUT2D eigenvalue weighted by molar-refractivity contribution is -0.137. The minimum Gasteiger partial charge on any atom is -0.307 e. The van der Waals surface area contributed by atoms with E-state index < -0.39 is 28.0 Å². The van der Waals surface area contributed by atoms with E-state index in [9.17, 15) is 26.4 Å². The number of nitrogens with zero attached hydrogens (tertiary/aromatic N) is 4. The van der Waals surface area contributed by atoms with Crippen LogP contribution in [0.2, 0.25) is 0 Å². The van der Waals surface area contributed by atoms with Crippen molar-refractivity contribution in [3.63, 3.8) is 0 Å². The van der Waals surface area contributed by atoms with Gasteiger partial charge in [0.25, 0.3) is 0 Å². The van der Waals surface area contributed by atoms with Crippen molar-refractivity contribution in [1.82, 2.24) is 19.4 Å². The Hall–Kier alpha value is -2.80. The van der Waals surface area contributed by atoms with Crippen LogP contribution in [-0.2, 0) is 29.9 Å². The lowest BCUT2D eigenvalue weighted by atomic mass is 10.1. The quantitative estimate of drug-likeness (QED) is 0.624. The number of rotatable bonds is 7. The van der Waals surface area contributed by atoms with E-state index in [1.165, 1.54) is 23.1 Å². The molecule has 2 heterocycles. The number of hydrogen-bond donors (Lipinski definition) is 2. The van der Waals surface area contributed by atoms with Gasteiger partial charge in [-0.25, -0.2) is 13.8 Å². The van der Waals surface area contributed by atoms with Crippen molar-refractivity contribution in [3.05, 3.63) is 41.7 Å². The zero-order valence-corrected chi connectivity index (χ0v) is 19.4. The first-order valence-electron chi connectivity index (χ1n) is 10.4. The molecule has 1 saturated heterocycles. The molecule has 2 amide bonds. The highest BCUT2D eigenvalue weighted by Gasteiger charge is 2.33. The maximum Gasteiger partial charge on any atom is 0.416 e. The summed E-state index contributed by atoms with van der Waals surface area (Å²) in [5, 5.41) is 6.22. The molecule has 0 unspecified atom stereocenters. The number of amides is 2. The maximum atomic E-state index is 13.2. The van der Waals surface area contributed by atoms with Gasteiger partial charge in [-0.15, -0.1) is 0 Å². The number of carbonyl (C=O) groups is 1. The van der Waals surface area contributed by atoms with E-state index in [0.29, 0.717) is 12.0 Å². The number of alkyl halides is 3. The van der Waals surface area contributed by atoms with Crippen molar-refractivity contribution in [3.8, 4) is 0 Å². The maximum absolute atomic E-state index is 13.2. The Labute approximate surface area is 190 Å². The SMILES string of the molecule is CCc1cc(NC(=O)NS(=O)(=O)N(C[C@H]2CCCN2C)c2cnn(C)c2)cc(C(F)(F)F)c1. The van der Waals surface area contributed by atoms with Crippen LogP contribution in [0.5, 0.6) is 0 Å². The van der Waals surface area contributed by atoms with E-state index in [2.05, 4.69) is 10.4 Å². The molecule has 0 bridgehead atoms. The number of likely N-dealkylation sites (N-methyl/N-ethyl adjacent to an activating group) is 1. The molecule has 2 aromatic rings. The number of benzene rings is 1. The molecule has 3 rings (SSSR count). The van der Waals surface area contributed by atoms with Gasteiger partial charge in [0.1, 0.15) is 0 Å². The Morgan fingerprint density at radius 1 is 1.27 bits per heavy atom. The number of anilines is 2. The molecule has 0 radical (unpaired) electrons. The molecule has 1 atom stereocenters. The summed E-state index contributed by atoms with van der Waals surface area (Å²) in [4.78, 5) is 14.5. The molecular weight excluding hydrogens is 461 g/mol. The summed E-state index contributed by atoms with van der Waals surface area (Å²) < 4.78 is 70.1. The van der Waals surface area contributed by atoms with E-state index in [1.54, 1.807) is 14.0 Å². The van der Waals surface area contributed by atoms with Gasteiger partial charge >= 0.3 is 22.4 Å². The fraction of sp³-hybridized carbons (Fsp3) is 0.500. The van der Waals surface area contributed by atoms with Crippen LogP contribution >= 0.6 is 0 Å². The molecular formula is C20H27F3N6O3S. The Kier molecular flexibility index (Phi) is 7.22. The number of nitrogens with one attached hydrogen (secondary N) is 2. The van der Waals surface area contributed by atoms with Crippen LogP contribution in [0.25, 0.3) is 0 Å². The van der Waals surface area contributed by atoms with Crippen LogP contribution in [-0.4, -0.2) is 55.3 Å². The van der Waals surface area contributed by atoms with Crippen molar-refractivity contribution in [2.24, 2.45) is 7.05 Å². The van der Waals surface area contributed by atoms with Gasteiger partial charge < -0.3 is 10.2 Å². The van der Waals surface area contributed by atoms with Crippen LogP contribution in [0.1, 0.15) is 30.9 Å². The van der Waals surface area contributed by atoms with Gasteiger partial charge in [-0.1, -0.05) is 6.92 Å². The monoisotopic (exact) mass is 488 g/mol. The Balaban J connectivity index is 1.81. The number of aromatic nitrogens is 2. The third-order valence-corrected chi connectivity index (χ3v) is 6.91. The number of urea groups is 1. The molecule has 33 heavy (non-hydrogen) atoms. The fourth-order valence-corrected chi connectivity index (χ4v) is 4.88. The van der Waals surface area contributed by atoms with E-state index >= 15 is 0 Å². The van der Waals surface area contributed by atoms with Gasteiger partial charge in [0.15, 0.2) is 0 Å². The normalized spacial score (nSPS) is 17.2. The molecule has 0 aliphatic carbocycles. The lowest BCUT2D eigenvalue weighted by Crippen LogP contribution is -2.49. The van der Waals surface area contributed by atoms with Crippen LogP contribution in [0.15, 0.2) is 30.6 Å². The number of halogens is 3. The first-order chi connectivity index (χ1) is 15.4. The molecule has 1 aromatic heterocycles. The smallest absolute Gasteiger partial charge is 0.307 e. The number of likely N-dealkylation sites (tertiary alicyclic amines) is 1. The average Bonchev–Trinajstić information content (AvgIpc) is 3.32. The molecule has 13 heteroatoms. The second-order valence-corrected chi connectivity index (χ2v) is 9.61. The Bertz CT molecular complexity index is 1100. The second kappa shape index (κ2) is 9.59. The predicted molar refractivity (Wildman–Crippen MR) is 118 cm³/mol. The van der Waals surface area contributed by atoms with Gasteiger partial charge in [0.2, 0.25) is 0 Å². The van der Waals surface area contributed by atoms with E-state index in [4.69, 9.17) is 0 Å². The highest BCUT2D eigenvalue weighted by Crippen LogP contribution is 2.32. The lowest BCUT2D eigenvalue weighted by Gasteiger charge is -2.28. The highest BCUT2D eigenvalue weighted by atomic mass is 32.2. The van der Waals surface area contributed by atoms with Crippen molar-refractivity contribution in [2.45, 2.75) is 38.4 Å². The molecule has 1 fully saturated rings. The fourth-order valence-electron chi connectivity index (χ4n) is 3.74. The Morgan fingerprint density at radius 3 is 2.55 bits per heavy atom. The summed E-state index contributed by atoms with van der Waals surface area (Å²) in [6.07, 6.45) is 0.292. The van der Waals surface area contributed by atoms with Gasteiger partial charge in [-0.05, 0) is 56.6 Å². The predicted octanol–water partition coefficient (Wildman–Crippen LogP) is 2.97. The molecule has 0 spiro atoms. The van der Waals surface area contributed by atoms with E-state index in [0.717, 1.165) is 35.8 Å². The first kappa shape index (κ1) is 24.8. The zero-order chi connectivity index (χ0) is 24.4.